The molecule has 1 aromatic heterocycles. The number of carbonyl (C=O) groups is 1. The number of carboxylic acid groups (broad SMARTS) is 1. The van der Waals surface area contributed by atoms with Crippen LogP contribution in [-0.4, -0.2) is 29.1 Å². The largest absolute Gasteiger partial charge is 0.481 e. The Bertz CT molecular complexity index is 1140. The average Bonchev–Trinajstić information content (AvgIpc) is 3.18. The van der Waals surface area contributed by atoms with E-state index in [9.17, 15) is 9.90 Å². The molecule has 1 atom stereocenters. The van der Waals surface area contributed by atoms with Crippen LogP contribution in [-0.2, 0) is 4.79 Å². The maximum Gasteiger partial charge on any atom is 0.306 e. The minimum atomic E-state index is -0.659. The van der Waals surface area contributed by atoms with Gasteiger partial charge in [-0.2, -0.15) is 0 Å². The van der Waals surface area contributed by atoms with E-state index < -0.39 is 5.97 Å². The van der Waals surface area contributed by atoms with E-state index in [2.05, 4.69) is 77.7 Å². The van der Waals surface area contributed by atoms with Gasteiger partial charge in [0.25, 0.3) is 0 Å². The monoisotopic (exact) mass is 401 g/mol. The smallest absolute Gasteiger partial charge is 0.306 e. The van der Waals surface area contributed by atoms with Crippen molar-refractivity contribution < 1.29 is 9.90 Å². The molecule has 0 spiro atoms. The van der Waals surface area contributed by atoms with Crippen LogP contribution < -0.4 is 0 Å². The number of thiophene rings is 1. The minimum absolute atomic E-state index is 0.147. The highest BCUT2D eigenvalue weighted by atomic mass is 32.1. The fraction of sp³-hybridized carbons (Fsp3) is 0.240. The quantitative estimate of drug-likeness (QED) is 0.460. The van der Waals surface area contributed by atoms with Crippen LogP contribution >= 0.6 is 11.3 Å². The van der Waals surface area contributed by atoms with Crippen LogP contribution in [0.2, 0.25) is 0 Å². The summed E-state index contributed by atoms with van der Waals surface area (Å²) < 4.78 is 1.30. The minimum Gasteiger partial charge on any atom is -0.481 e. The summed E-state index contributed by atoms with van der Waals surface area (Å²) in [6.45, 7) is 1.61. The highest BCUT2D eigenvalue weighted by molar-refractivity contribution is 7.19. The second-order valence-electron chi connectivity index (χ2n) is 7.81. The van der Waals surface area contributed by atoms with E-state index in [1.54, 1.807) is 0 Å². The van der Waals surface area contributed by atoms with E-state index in [1.165, 1.54) is 31.3 Å². The number of hydrogen-bond donors (Lipinski definition) is 1. The van der Waals surface area contributed by atoms with Gasteiger partial charge in [-0.25, -0.2) is 0 Å². The number of carboxylic acids is 1. The molecule has 5 rings (SSSR count). The molecule has 3 nitrogen and oxygen atoms in total. The maximum atomic E-state index is 11.4. The number of fused-ring (bicyclic) bond motifs is 2. The Morgan fingerprint density at radius 2 is 1.62 bits per heavy atom. The fourth-order valence-corrected chi connectivity index (χ4v) is 5.78. The molecule has 1 N–H and O–H groups in total. The zero-order valence-electron chi connectivity index (χ0n) is 16.1. The lowest BCUT2D eigenvalue weighted by Gasteiger charge is -2.36. The summed E-state index contributed by atoms with van der Waals surface area (Å²) in [4.78, 5) is 15.3. The van der Waals surface area contributed by atoms with Crippen LogP contribution in [0.5, 0.6) is 0 Å². The summed E-state index contributed by atoms with van der Waals surface area (Å²) in [6, 6.07) is 26.1. The Morgan fingerprint density at radius 1 is 0.931 bits per heavy atom. The molecule has 0 saturated carbocycles. The van der Waals surface area contributed by atoms with Crippen molar-refractivity contribution in [3.8, 4) is 0 Å². The normalized spacial score (nSPS) is 17.0. The van der Waals surface area contributed by atoms with Gasteiger partial charge in [-0.1, -0.05) is 60.7 Å². The van der Waals surface area contributed by atoms with E-state index >= 15 is 0 Å². The van der Waals surface area contributed by atoms with Crippen LogP contribution in [0.15, 0.2) is 72.8 Å². The van der Waals surface area contributed by atoms with Crippen molar-refractivity contribution >= 4 is 38.2 Å². The predicted molar refractivity (Wildman–Crippen MR) is 120 cm³/mol. The van der Waals surface area contributed by atoms with Crippen LogP contribution in [0.1, 0.15) is 29.3 Å². The molecule has 4 aromatic rings. The zero-order valence-corrected chi connectivity index (χ0v) is 16.9. The van der Waals surface area contributed by atoms with E-state index in [4.69, 9.17) is 0 Å². The van der Waals surface area contributed by atoms with Gasteiger partial charge in [-0.15, -0.1) is 11.3 Å². The van der Waals surface area contributed by atoms with Gasteiger partial charge in [0.15, 0.2) is 0 Å². The number of benzene rings is 3. The first-order valence-electron chi connectivity index (χ1n) is 10.1. The van der Waals surface area contributed by atoms with Gasteiger partial charge in [0.1, 0.15) is 0 Å². The Morgan fingerprint density at radius 3 is 2.38 bits per heavy atom. The van der Waals surface area contributed by atoms with Crippen LogP contribution in [0, 0.1) is 5.92 Å². The van der Waals surface area contributed by atoms with Gasteiger partial charge in [-0.3, -0.25) is 9.69 Å². The third-order valence-corrected chi connectivity index (χ3v) is 7.24. The summed E-state index contributed by atoms with van der Waals surface area (Å²) in [6.07, 6.45) is 1.42. The molecule has 1 unspecified atom stereocenters. The van der Waals surface area contributed by atoms with Crippen LogP contribution in [0.3, 0.4) is 0 Å². The molecule has 1 saturated heterocycles. The molecule has 1 fully saturated rings. The lowest BCUT2D eigenvalue weighted by molar-refractivity contribution is -0.143. The fourth-order valence-electron chi connectivity index (χ4n) is 4.56. The van der Waals surface area contributed by atoms with Gasteiger partial charge >= 0.3 is 5.97 Å². The van der Waals surface area contributed by atoms with Crippen molar-refractivity contribution in [2.24, 2.45) is 5.92 Å². The molecule has 1 aliphatic rings. The maximum absolute atomic E-state index is 11.4. The van der Waals surface area contributed by atoms with Crippen molar-refractivity contribution in [1.82, 2.24) is 4.90 Å². The van der Waals surface area contributed by atoms with Crippen LogP contribution in [0.25, 0.3) is 20.9 Å². The summed E-state index contributed by atoms with van der Waals surface area (Å²) in [5, 5.41) is 13.2. The molecule has 2 heterocycles. The van der Waals surface area contributed by atoms with E-state index in [1.807, 2.05) is 11.3 Å². The first-order valence-corrected chi connectivity index (χ1v) is 11.0. The van der Waals surface area contributed by atoms with Gasteiger partial charge < -0.3 is 5.11 Å². The van der Waals surface area contributed by atoms with E-state index in [-0.39, 0.29) is 12.0 Å². The standard InChI is InChI=1S/C25H23NO2S/c27-25(28)18-12-14-26(15-13-18)24(23-16-19-7-2-4-11-22(19)29-23)21-10-5-8-17-6-1-3-9-20(17)21/h1-11,16,18,24H,12-15H2,(H,27,28). The van der Waals surface area contributed by atoms with E-state index in [0.717, 1.165) is 13.1 Å². The van der Waals surface area contributed by atoms with Gasteiger partial charge in [0.2, 0.25) is 0 Å². The molecule has 0 amide bonds. The first-order chi connectivity index (χ1) is 14.2. The number of rotatable bonds is 4. The lowest BCUT2D eigenvalue weighted by Crippen LogP contribution is -2.39. The predicted octanol–water partition coefficient (Wildman–Crippen LogP) is 5.94. The number of nitrogens with zero attached hydrogens (tertiary/aromatic N) is 1. The number of aliphatic carboxylic acids is 1. The van der Waals surface area contributed by atoms with Crippen LogP contribution in [0.4, 0.5) is 0 Å². The summed E-state index contributed by atoms with van der Waals surface area (Å²) in [5.74, 6) is -0.880. The van der Waals surface area contributed by atoms with Crippen molar-refractivity contribution in [2.45, 2.75) is 18.9 Å². The molecular weight excluding hydrogens is 378 g/mol. The molecule has 4 heteroatoms. The lowest BCUT2D eigenvalue weighted by atomic mass is 9.91. The van der Waals surface area contributed by atoms with Crippen molar-refractivity contribution in [3.05, 3.63) is 83.2 Å². The molecular formula is C25H23NO2S. The molecule has 0 radical (unpaired) electrons. The SMILES string of the molecule is O=C(O)C1CCN(C(c2cc3ccccc3s2)c2cccc3ccccc23)CC1. The number of hydrogen-bond acceptors (Lipinski definition) is 3. The van der Waals surface area contributed by atoms with Gasteiger partial charge in [-0.05, 0) is 59.8 Å². The topological polar surface area (TPSA) is 40.5 Å². The Labute approximate surface area is 174 Å². The summed E-state index contributed by atoms with van der Waals surface area (Å²) in [7, 11) is 0. The summed E-state index contributed by atoms with van der Waals surface area (Å²) in [5.41, 5.74) is 1.31. The molecule has 0 aliphatic carbocycles. The zero-order chi connectivity index (χ0) is 19.8. The highest BCUT2D eigenvalue weighted by Crippen LogP contribution is 2.40. The number of piperidine rings is 1. The van der Waals surface area contributed by atoms with Crippen molar-refractivity contribution in [1.29, 1.82) is 0 Å². The van der Waals surface area contributed by atoms with Gasteiger partial charge in [0, 0.05) is 9.58 Å². The highest BCUT2D eigenvalue weighted by Gasteiger charge is 2.31. The molecule has 1 aliphatic heterocycles. The Hall–Kier alpha value is -2.69. The second kappa shape index (κ2) is 7.62. The third-order valence-electron chi connectivity index (χ3n) is 6.08. The molecule has 29 heavy (non-hydrogen) atoms. The molecule has 3 aromatic carbocycles. The average molecular weight is 402 g/mol. The molecule has 146 valence electrons. The van der Waals surface area contributed by atoms with Crippen molar-refractivity contribution in [3.63, 3.8) is 0 Å². The Kier molecular flexibility index (Phi) is 4.82. The molecule has 0 bridgehead atoms. The number of likely N-dealkylation sites (tertiary alicyclic amines) is 1. The van der Waals surface area contributed by atoms with Crippen molar-refractivity contribution in [2.75, 3.05) is 13.1 Å². The second-order valence-corrected chi connectivity index (χ2v) is 8.92. The third kappa shape index (κ3) is 3.43. The van der Waals surface area contributed by atoms with Gasteiger partial charge in [0.05, 0.1) is 12.0 Å². The Balaban J connectivity index is 1.62. The summed E-state index contributed by atoms with van der Waals surface area (Å²) >= 11 is 1.85. The first kappa shape index (κ1) is 18.3. The van der Waals surface area contributed by atoms with E-state index in [0.29, 0.717) is 12.8 Å².